The molecule has 0 radical (unpaired) electrons. The second-order valence-electron chi connectivity index (χ2n) is 9.83. The van der Waals surface area contributed by atoms with E-state index >= 15 is 0 Å². The normalized spacial score (nSPS) is 18.5. The van der Waals surface area contributed by atoms with Crippen LogP contribution in [0.2, 0.25) is 0 Å². The number of hydrogen-bond acceptors (Lipinski definition) is 5. The van der Waals surface area contributed by atoms with E-state index < -0.39 is 53.3 Å². The van der Waals surface area contributed by atoms with E-state index in [2.05, 4.69) is 10.6 Å². The Balaban J connectivity index is 1.79. The highest BCUT2D eigenvalue weighted by Gasteiger charge is 2.49. The van der Waals surface area contributed by atoms with E-state index in [0.29, 0.717) is 5.56 Å². The van der Waals surface area contributed by atoms with Crippen LogP contribution in [0.15, 0.2) is 54.6 Å². The van der Waals surface area contributed by atoms with Gasteiger partial charge < -0.3 is 20.6 Å². The van der Waals surface area contributed by atoms with Gasteiger partial charge in [-0.1, -0.05) is 54.6 Å². The van der Waals surface area contributed by atoms with Crippen LogP contribution in [0, 0.1) is 6.92 Å². The fourth-order valence-corrected chi connectivity index (χ4v) is 5.53. The van der Waals surface area contributed by atoms with Crippen molar-refractivity contribution in [2.75, 3.05) is 5.88 Å². The predicted molar refractivity (Wildman–Crippen MR) is 139 cm³/mol. The number of alkyl halides is 3. The number of carbonyl (C=O) groups is 3. The van der Waals surface area contributed by atoms with Crippen molar-refractivity contribution in [1.82, 2.24) is 15.5 Å². The van der Waals surface area contributed by atoms with E-state index in [1.165, 1.54) is 16.7 Å². The monoisotopic (exact) mass is 551 g/mol. The topological polar surface area (TPSA) is 98.7 Å². The van der Waals surface area contributed by atoms with Crippen LogP contribution >= 0.6 is 11.8 Å². The number of rotatable bonds is 9. The highest BCUT2D eigenvalue weighted by atomic mass is 32.2. The van der Waals surface area contributed by atoms with E-state index in [4.69, 9.17) is 0 Å². The van der Waals surface area contributed by atoms with Crippen LogP contribution < -0.4 is 10.6 Å². The van der Waals surface area contributed by atoms with E-state index in [-0.39, 0.29) is 18.8 Å². The molecule has 0 aromatic heterocycles. The maximum atomic E-state index is 13.5. The predicted octanol–water partition coefficient (Wildman–Crippen LogP) is 3.33. The Hall–Kier alpha value is -3.05. The lowest BCUT2D eigenvalue weighted by molar-refractivity contribution is -0.156. The SMILES string of the molecule is Cc1ccccc1CNC(=O)C1N(C(=O)C(O)C(Cc2ccccc2)NC(=O)CC(F)(F)F)CSC1(C)C. The fraction of sp³-hybridized carbons (Fsp3) is 0.444. The average Bonchev–Trinajstić information content (AvgIpc) is 3.16. The Kier molecular flexibility index (Phi) is 9.48. The van der Waals surface area contributed by atoms with Crippen LogP contribution in [0.25, 0.3) is 0 Å². The lowest BCUT2D eigenvalue weighted by Crippen LogP contribution is -2.58. The van der Waals surface area contributed by atoms with Crippen LogP contribution in [0.5, 0.6) is 0 Å². The van der Waals surface area contributed by atoms with Gasteiger partial charge in [0.25, 0.3) is 5.91 Å². The Bertz CT molecular complexity index is 1140. The number of carbonyl (C=O) groups excluding carboxylic acids is 3. The van der Waals surface area contributed by atoms with Crippen LogP contribution in [0.1, 0.15) is 37.0 Å². The van der Waals surface area contributed by atoms with Crippen molar-refractivity contribution in [3.8, 4) is 0 Å². The molecule has 206 valence electrons. The number of nitrogens with one attached hydrogen (secondary N) is 2. The van der Waals surface area contributed by atoms with E-state index in [1.807, 2.05) is 45.0 Å². The molecule has 3 unspecified atom stereocenters. The number of benzene rings is 2. The summed E-state index contributed by atoms with van der Waals surface area (Å²) in [5, 5.41) is 16.1. The van der Waals surface area contributed by atoms with Gasteiger partial charge in [0.1, 0.15) is 12.5 Å². The summed E-state index contributed by atoms with van der Waals surface area (Å²) in [5.74, 6) is -2.51. The molecule has 1 fully saturated rings. The standard InChI is InChI=1S/C27H32F3N3O4S/c1-17-9-7-8-12-19(17)15-31-24(36)23-26(2,3)38-16-33(23)25(37)22(35)20(13-18-10-5-4-6-11-18)32-21(34)14-27(28,29)30/h4-12,20,22-23,35H,13-16H2,1-3H3,(H,31,36)(H,32,34). The maximum Gasteiger partial charge on any atom is 0.397 e. The molecule has 1 heterocycles. The quantitative estimate of drug-likeness (QED) is 0.444. The molecule has 2 aromatic carbocycles. The third-order valence-electron chi connectivity index (χ3n) is 6.43. The number of thioether (sulfide) groups is 1. The summed E-state index contributed by atoms with van der Waals surface area (Å²) < 4.78 is 37.7. The van der Waals surface area contributed by atoms with Gasteiger partial charge in [-0.2, -0.15) is 13.2 Å². The summed E-state index contributed by atoms with van der Waals surface area (Å²) in [6.45, 7) is 5.78. The van der Waals surface area contributed by atoms with Crippen LogP contribution in [0.3, 0.4) is 0 Å². The zero-order valence-corrected chi connectivity index (χ0v) is 22.2. The van der Waals surface area contributed by atoms with Gasteiger partial charge in [0.05, 0.1) is 11.9 Å². The largest absolute Gasteiger partial charge is 0.397 e. The van der Waals surface area contributed by atoms with Gasteiger partial charge >= 0.3 is 6.18 Å². The van der Waals surface area contributed by atoms with E-state index in [1.54, 1.807) is 30.3 Å². The molecule has 2 aromatic rings. The third-order valence-corrected chi connectivity index (χ3v) is 7.81. The Morgan fingerprint density at radius 3 is 2.37 bits per heavy atom. The summed E-state index contributed by atoms with van der Waals surface area (Å²) in [7, 11) is 0. The van der Waals surface area contributed by atoms with E-state index in [0.717, 1.165) is 11.1 Å². The van der Waals surface area contributed by atoms with Crippen LogP contribution in [0.4, 0.5) is 13.2 Å². The molecule has 7 nitrogen and oxygen atoms in total. The molecule has 1 aliphatic heterocycles. The number of nitrogens with zero attached hydrogens (tertiary/aromatic N) is 1. The molecule has 1 aliphatic rings. The highest BCUT2D eigenvalue weighted by Crippen LogP contribution is 2.40. The van der Waals surface area contributed by atoms with Crippen molar-refractivity contribution in [3.63, 3.8) is 0 Å². The Morgan fingerprint density at radius 1 is 1.11 bits per heavy atom. The van der Waals surface area contributed by atoms with Crippen molar-refractivity contribution < 1.29 is 32.7 Å². The van der Waals surface area contributed by atoms with Crippen molar-refractivity contribution >= 4 is 29.5 Å². The minimum atomic E-state index is -4.74. The highest BCUT2D eigenvalue weighted by molar-refractivity contribution is 8.00. The molecular formula is C27H32F3N3O4S. The molecular weight excluding hydrogens is 519 g/mol. The number of aliphatic hydroxyl groups excluding tert-OH is 1. The molecule has 38 heavy (non-hydrogen) atoms. The molecule has 0 aliphatic carbocycles. The van der Waals surface area contributed by atoms with Crippen molar-refractivity contribution in [2.45, 2.75) is 69.3 Å². The van der Waals surface area contributed by atoms with Crippen molar-refractivity contribution in [1.29, 1.82) is 0 Å². The summed E-state index contributed by atoms with van der Waals surface area (Å²) >= 11 is 1.35. The molecule has 0 bridgehead atoms. The molecule has 0 spiro atoms. The lowest BCUT2D eigenvalue weighted by atomic mass is 9.97. The van der Waals surface area contributed by atoms with E-state index in [9.17, 15) is 32.7 Å². The third kappa shape index (κ3) is 7.73. The summed E-state index contributed by atoms with van der Waals surface area (Å²) in [4.78, 5) is 40.1. The molecule has 3 atom stereocenters. The van der Waals surface area contributed by atoms with Gasteiger partial charge in [0.15, 0.2) is 6.10 Å². The van der Waals surface area contributed by atoms with Gasteiger partial charge in [0.2, 0.25) is 11.8 Å². The summed E-state index contributed by atoms with van der Waals surface area (Å²) in [6, 6.07) is 13.8. The summed E-state index contributed by atoms with van der Waals surface area (Å²) in [6.07, 6.45) is -8.43. The molecule has 11 heteroatoms. The molecule has 3 N–H and O–H groups in total. The summed E-state index contributed by atoms with van der Waals surface area (Å²) in [5.41, 5.74) is 2.52. The molecule has 0 saturated carbocycles. The molecule has 3 amide bonds. The number of halogens is 3. The van der Waals surface area contributed by atoms with Crippen LogP contribution in [-0.4, -0.2) is 62.7 Å². The maximum absolute atomic E-state index is 13.5. The Morgan fingerprint density at radius 2 is 1.74 bits per heavy atom. The molecule has 1 saturated heterocycles. The smallest absolute Gasteiger partial charge is 0.381 e. The van der Waals surface area contributed by atoms with Crippen molar-refractivity contribution in [2.24, 2.45) is 0 Å². The minimum absolute atomic E-state index is 0.0775. The first-order valence-electron chi connectivity index (χ1n) is 12.1. The van der Waals surface area contributed by atoms with Gasteiger partial charge in [-0.25, -0.2) is 0 Å². The fourth-order valence-electron chi connectivity index (χ4n) is 4.39. The number of aryl methyl sites for hydroxylation is 1. The first-order valence-corrected chi connectivity index (χ1v) is 13.1. The average molecular weight is 552 g/mol. The lowest BCUT2D eigenvalue weighted by Gasteiger charge is -2.33. The zero-order chi connectivity index (χ0) is 28.1. The number of hydrogen-bond donors (Lipinski definition) is 3. The minimum Gasteiger partial charge on any atom is -0.381 e. The Labute approximate surface area is 224 Å². The van der Waals surface area contributed by atoms with Gasteiger partial charge in [-0.05, 0) is 43.9 Å². The second-order valence-corrected chi connectivity index (χ2v) is 11.4. The van der Waals surface area contributed by atoms with Crippen molar-refractivity contribution in [3.05, 3.63) is 71.3 Å². The first kappa shape index (κ1) is 29.5. The number of amides is 3. The number of aliphatic hydroxyl groups is 1. The zero-order valence-electron chi connectivity index (χ0n) is 21.4. The molecule has 3 rings (SSSR count). The van der Waals surface area contributed by atoms with Gasteiger partial charge in [-0.3, -0.25) is 14.4 Å². The van der Waals surface area contributed by atoms with Crippen LogP contribution in [-0.2, 0) is 27.3 Å². The first-order chi connectivity index (χ1) is 17.8. The van der Waals surface area contributed by atoms with Gasteiger partial charge in [0, 0.05) is 11.3 Å². The second kappa shape index (κ2) is 12.2. The van der Waals surface area contributed by atoms with Gasteiger partial charge in [-0.15, -0.1) is 11.8 Å².